The maximum atomic E-state index is 12.4. The topological polar surface area (TPSA) is 44.1 Å². The molecule has 4 heteroatoms. The molecule has 0 fully saturated rings. The van der Waals surface area contributed by atoms with E-state index >= 15 is 0 Å². The molecule has 0 bridgehead atoms. The van der Waals surface area contributed by atoms with Crippen molar-refractivity contribution >= 4 is 5.78 Å². The minimum Gasteiger partial charge on any atom is -0.493 e. The molecule has 0 radical (unpaired) electrons. The van der Waals surface area contributed by atoms with Crippen LogP contribution in [-0.2, 0) is 13.5 Å². The van der Waals surface area contributed by atoms with Crippen LogP contribution in [0.1, 0.15) is 27.2 Å². The Morgan fingerprint density at radius 3 is 2.47 bits per heavy atom. The Bertz CT molecular complexity index is 594. The van der Waals surface area contributed by atoms with Crippen LogP contribution in [0, 0.1) is 13.8 Å². The van der Waals surface area contributed by atoms with Gasteiger partial charge in [-0.2, -0.15) is 5.10 Å². The van der Waals surface area contributed by atoms with Crippen LogP contribution in [0.15, 0.2) is 24.4 Å². The quantitative estimate of drug-likeness (QED) is 0.791. The minimum atomic E-state index is 0.0156. The SMILES string of the molecule is COc1cnn(C)c1C(=O)Cc1cc(C)cc(C)c1. The lowest BCUT2D eigenvalue weighted by molar-refractivity contribution is 0.0981. The van der Waals surface area contributed by atoms with Gasteiger partial charge in [0.1, 0.15) is 5.69 Å². The number of rotatable bonds is 4. The molecule has 0 spiro atoms. The molecule has 19 heavy (non-hydrogen) atoms. The van der Waals surface area contributed by atoms with Gasteiger partial charge in [0.15, 0.2) is 11.5 Å². The van der Waals surface area contributed by atoms with Crippen LogP contribution in [0.25, 0.3) is 0 Å². The van der Waals surface area contributed by atoms with E-state index in [2.05, 4.69) is 11.2 Å². The molecule has 2 rings (SSSR count). The van der Waals surface area contributed by atoms with Gasteiger partial charge in [0.2, 0.25) is 0 Å². The maximum absolute atomic E-state index is 12.4. The fourth-order valence-corrected chi connectivity index (χ4v) is 2.32. The minimum absolute atomic E-state index is 0.0156. The molecule has 1 heterocycles. The Balaban J connectivity index is 2.28. The largest absolute Gasteiger partial charge is 0.493 e. The number of carbonyl (C=O) groups is 1. The lowest BCUT2D eigenvalue weighted by Crippen LogP contribution is -2.11. The number of hydrogen-bond donors (Lipinski definition) is 0. The van der Waals surface area contributed by atoms with Crippen molar-refractivity contribution in [1.82, 2.24) is 9.78 Å². The van der Waals surface area contributed by atoms with Crippen LogP contribution in [0.4, 0.5) is 0 Å². The number of methoxy groups -OCH3 is 1. The summed E-state index contributed by atoms with van der Waals surface area (Å²) >= 11 is 0. The van der Waals surface area contributed by atoms with E-state index in [1.54, 1.807) is 25.0 Å². The second-order valence-electron chi connectivity index (χ2n) is 4.78. The van der Waals surface area contributed by atoms with Crippen LogP contribution >= 0.6 is 0 Å². The zero-order chi connectivity index (χ0) is 14.0. The van der Waals surface area contributed by atoms with Crippen LogP contribution in [0.2, 0.25) is 0 Å². The van der Waals surface area contributed by atoms with Gasteiger partial charge in [-0.05, 0) is 19.4 Å². The molecule has 0 N–H and O–H groups in total. The lowest BCUT2D eigenvalue weighted by atomic mass is 10.0. The highest BCUT2D eigenvalue weighted by molar-refractivity contribution is 5.98. The third-order valence-corrected chi connectivity index (χ3v) is 3.04. The van der Waals surface area contributed by atoms with E-state index in [0.717, 1.165) is 5.56 Å². The average molecular weight is 258 g/mol. The molecule has 4 nitrogen and oxygen atoms in total. The van der Waals surface area contributed by atoms with Crippen molar-refractivity contribution in [3.8, 4) is 5.75 Å². The number of hydrogen-bond acceptors (Lipinski definition) is 3. The first-order valence-corrected chi connectivity index (χ1v) is 6.17. The number of nitrogens with zero attached hydrogens (tertiary/aromatic N) is 2. The molecule has 0 aliphatic rings. The van der Waals surface area contributed by atoms with E-state index in [1.807, 2.05) is 26.0 Å². The maximum Gasteiger partial charge on any atom is 0.189 e. The molecular formula is C15H18N2O2. The van der Waals surface area contributed by atoms with Gasteiger partial charge in [-0.15, -0.1) is 0 Å². The summed E-state index contributed by atoms with van der Waals surface area (Å²) < 4.78 is 6.73. The first-order chi connectivity index (χ1) is 9.01. The van der Waals surface area contributed by atoms with Gasteiger partial charge in [-0.25, -0.2) is 0 Å². The Hall–Kier alpha value is -2.10. The first kappa shape index (κ1) is 13.3. The van der Waals surface area contributed by atoms with Crippen LogP contribution in [0.3, 0.4) is 0 Å². The van der Waals surface area contributed by atoms with Crippen molar-refractivity contribution in [2.45, 2.75) is 20.3 Å². The number of carbonyl (C=O) groups excluding carboxylic acids is 1. The molecule has 1 aromatic carbocycles. The molecule has 0 saturated carbocycles. The molecular weight excluding hydrogens is 240 g/mol. The zero-order valence-corrected chi connectivity index (χ0v) is 11.7. The van der Waals surface area contributed by atoms with Crippen LogP contribution in [-0.4, -0.2) is 22.7 Å². The molecule has 0 aliphatic carbocycles. The molecule has 1 aromatic heterocycles. The second kappa shape index (κ2) is 5.26. The third kappa shape index (κ3) is 2.84. The smallest absolute Gasteiger partial charge is 0.189 e. The van der Waals surface area contributed by atoms with Gasteiger partial charge in [-0.1, -0.05) is 29.3 Å². The van der Waals surface area contributed by atoms with Gasteiger partial charge < -0.3 is 4.74 Å². The lowest BCUT2D eigenvalue weighted by Gasteiger charge is -2.06. The highest BCUT2D eigenvalue weighted by Gasteiger charge is 2.18. The summed E-state index contributed by atoms with van der Waals surface area (Å²) in [5.41, 5.74) is 3.87. The van der Waals surface area contributed by atoms with Crippen molar-refractivity contribution < 1.29 is 9.53 Å². The number of ketones is 1. The van der Waals surface area contributed by atoms with E-state index in [9.17, 15) is 4.79 Å². The van der Waals surface area contributed by atoms with E-state index < -0.39 is 0 Å². The van der Waals surface area contributed by atoms with E-state index in [0.29, 0.717) is 17.9 Å². The fourth-order valence-electron chi connectivity index (χ4n) is 2.32. The van der Waals surface area contributed by atoms with Gasteiger partial charge in [0.25, 0.3) is 0 Å². The Morgan fingerprint density at radius 1 is 1.26 bits per heavy atom. The van der Waals surface area contributed by atoms with Gasteiger partial charge in [-0.3, -0.25) is 9.48 Å². The molecule has 0 atom stereocenters. The summed E-state index contributed by atoms with van der Waals surface area (Å²) in [6.45, 7) is 4.07. The van der Waals surface area contributed by atoms with E-state index in [4.69, 9.17) is 4.74 Å². The summed E-state index contributed by atoms with van der Waals surface area (Å²) in [5.74, 6) is 0.540. The second-order valence-corrected chi connectivity index (χ2v) is 4.78. The average Bonchev–Trinajstić information content (AvgIpc) is 2.68. The monoisotopic (exact) mass is 258 g/mol. The van der Waals surface area contributed by atoms with Crippen LogP contribution < -0.4 is 4.74 Å². The van der Waals surface area contributed by atoms with Crippen molar-refractivity contribution in [3.05, 3.63) is 46.8 Å². The molecule has 0 aliphatic heterocycles. The number of Topliss-reactive ketones (excluding diaryl/α,β-unsaturated/α-hetero) is 1. The van der Waals surface area contributed by atoms with E-state index in [1.165, 1.54) is 11.1 Å². The predicted octanol–water partition coefficient (Wildman–Crippen LogP) is 2.47. The summed E-state index contributed by atoms with van der Waals surface area (Å²) in [5, 5.41) is 4.06. The summed E-state index contributed by atoms with van der Waals surface area (Å²) in [7, 11) is 3.29. The van der Waals surface area contributed by atoms with Gasteiger partial charge in [0.05, 0.1) is 13.3 Å². The fraction of sp³-hybridized carbons (Fsp3) is 0.333. The number of ether oxygens (including phenoxy) is 1. The number of benzene rings is 1. The zero-order valence-electron chi connectivity index (χ0n) is 11.7. The third-order valence-electron chi connectivity index (χ3n) is 3.04. The highest BCUT2D eigenvalue weighted by Crippen LogP contribution is 2.19. The highest BCUT2D eigenvalue weighted by atomic mass is 16.5. The Kier molecular flexibility index (Phi) is 3.69. The number of aryl methyl sites for hydroxylation is 3. The van der Waals surface area contributed by atoms with E-state index in [-0.39, 0.29) is 5.78 Å². The summed E-state index contributed by atoms with van der Waals surface area (Å²) in [6, 6.07) is 6.17. The molecule has 0 saturated heterocycles. The first-order valence-electron chi connectivity index (χ1n) is 6.17. The van der Waals surface area contributed by atoms with Crippen molar-refractivity contribution in [2.75, 3.05) is 7.11 Å². The Labute approximate surface area is 113 Å². The van der Waals surface area contributed by atoms with Crippen molar-refractivity contribution in [1.29, 1.82) is 0 Å². The van der Waals surface area contributed by atoms with Gasteiger partial charge in [0, 0.05) is 13.5 Å². The molecule has 2 aromatic rings. The predicted molar refractivity (Wildman–Crippen MR) is 73.7 cm³/mol. The number of aromatic nitrogens is 2. The van der Waals surface area contributed by atoms with Crippen LogP contribution in [0.5, 0.6) is 5.75 Å². The summed E-state index contributed by atoms with van der Waals surface area (Å²) in [6.07, 6.45) is 1.92. The molecule has 0 amide bonds. The molecule has 100 valence electrons. The van der Waals surface area contributed by atoms with Crippen molar-refractivity contribution in [3.63, 3.8) is 0 Å². The molecule has 0 unspecified atom stereocenters. The van der Waals surface area contributed by atoms with Gasteiger partial charge >= 0.3 is 0 Å². The Morgan fingerprint density at radius 2 is 1.89 bits per heavy atom. The standard InChI is InChI=1S/C15H18N2O2/c1-10-5-11(2)7-12(6-10)8-13(18)15-14(19-4)9-16-17(15)3/h5-7,9H,8H2,1-4H3. The summed E-state index contributed by atoms with van der Waals surface area (Å²) in [4.78, 5) is 12.4. The van der Waals surface area contributed by atoms with Crippen molar-refractivity contribution in [2.24, 2.45) is 7.05 Å². The normalized spacial score (nSPS) is 10.5.